The van der Waals surface area contributed by atoms with E-state index in [1.54, 1.807) is 29.2 Å². The van der Waals surface area contributed by atoms with E-state index >= 15 is 0 Å². The Morgan fingerprint density at radius 2 is 1.89 bits per heavy atom. The quantitative estimate of drug-likeness (QED) is 0.755. The first-order valence-electron chi connectivity index (χ1n) is 8.65. The van der Waals surface area contributed by atoms with E-state index in [0.29, 0.717) is 36.9 Å². The van der Waals surface area contributed by atoms with Gasteiger partial charge < -0.3 is 14.4 Å². The van der Waals surface area contributed by atoms with Crippen molar-refractivity contribution in [3.63, 3.8) is 0 Å². The molecule has 7 nitrogen and oxygen atoms in total. The molecule has 0 spiro atoms. The van der Waals surface area contributed by atoms with Gasteiger partial charge in [-0.1, -0.05) is 12.1 Å². The summed E-state index contributed by atoms with van der Waals surface area (Å²) >= 11 is 0. The summed E-state index contributed by atoms with van der Waals surface area (Å²) in [5.41, 5.74) is 0.653. The van der Waals surface area contributed by atoms with E-state index in [2.05, 4.69) is 0 Å². The van der Waals surface area contributed by atoms with Gasteiger partial charge >= 0.3 is 0 Å². The first kappa shape index (κ1) is 19.2. The van der Waals surface area contributed by atoms with Crippen molar-refractivity contribution in [2.45, 2.75) is 11.8 Å². The van der Waals surface area contributed by atoms with Crippen LogP contribution in [0, 0.1) is 0 Å². The molecule has 1 aliphatic rings. The van der Waals surface area contributed by atoms with E-state index in [9.17, 15) is 13.2 Å². The van der Waals surface area contributed by atoms with Gasteiger partial charge in [0.25, 0.3) is 0 Å². The molecule has 0 bridgehead atoms. The van der Waals surface area contributed by atoms with Crippen LogP contribution in [-0.4, -0.2) is 52.0 Å². The Morgan fingerprint density at radius 1 is 1.19 bits per heavy atom. The van der Waals surface area contributed by atoms with E-state index in [-0.39, 0.29) is 17.3 Å². The summed E-state index contributed by atoms with van der Waals surface area (Å²) in [5, 5.41) is 0. The number of anilines is 1. The fraction of sp³-hybridized carbons (Fsp3) is 0.316. The number of fused-ring (bicyclic) bond motifs is 1. The molecule has 2 aromatic rings. The fourth-order valence-electron chi connectivity index (χ4n) is 2.84. The minimum absolute atomic E-state index is 0.114. The largest absolute Gasteiger partial charge is 0.494 e. The number of rotatable bonds is 6. The van der Waals surface area contributed by atoms with E-state index in [1.807, 2.05) is 19.1 Å². The van der Waals surface area contributed by atoms with Crippen LogP contribution in [0.2, 0.25) is 0 Å². The van der Waals surface area contributed by atoms with Crippen molar-refractivity contribution in [3.05, 3.63) is 48.5 Å². The Balaban J connectivity index is 1.74. The predicted molar refractivity (Wildman–Crippen MR) is 102 cm³/mol. The number of nitrogens with zero attached hydrogens (tertiary/aromatic N) is 2. The van der Waals surface area contributed by atoms with Gasteiger partial charge in [0.15, 0.2) is 0 Å². The number of benzene rings is 2. The van der Waals surface area contributed by atoms with Gasteiger partial charge in [-0.05, 0) is 43.3 Å². The molecular formula is C19H22N2O5S. The first-order valence-corrected chi connectivity index (χ1v) is 10.1. The lowest BCUT2D eigenvalue weighted by molar-refractivity contribution is -0.118. The minimum atomic E-state index is -3.78. The maximum atomic E-state index is 12.8. The van der Waals surface area contributed by atoms with Crippen molar-refractivity contribution >= 4 is 21.6 Å². The number of likely N-dealkylation sites (N-methyl/N-ethyl adjacent to an activating group) is 1. The third-order valence-electron chi connectivity index (χ3n) is 4.23. The molecule has 1 amide bonds. The molecule has 0 saturated heterocycles. The topological polar surface area (TPSA) is 76.2 Å². The molecule has 0 aromatic heterocycles. The van der Waals surface area contributed by atoms with E-state index in [0.717, 1.165) is 4.31 Å². The number of para-hydroxylation sites is 2. The van der Waals surface area contributed by atoms with Gasteiger partial charge in [0, 0.05) is 7.05 Å². The lowest BCUT2D eigenvalue weighted by atomic mass is 10.2. The van der Waals surface area contributed by atoms with Crippen LogP contribution in [-0.2, 0) is 14.8 Å². The molecule has 3 rings (SSSR count). The zero-order chi connectivity index (χ0) is 19.4. The molecule has 0 radical (unpaired) electrons. The Hall–Kier alpha value is -2.58. The van der Waals surface area contributed by atoms with Crippen molar-refractivity contribution in [3.8, 4) is 11.5 Å². The van der Waals surface area contributed by atoms with Crippen LogP contribution >= 0.6 is 0 Å². The molecular weight excluding hydrogens is 368 g/mol. The molecule has 1 aliphatic heterocycles. The summed E-state index contributed by atoms with van der Waals surface area (Å²) in [4.78, 5) is 14.4. The summed E-state index contributed by atoms with van der Waals surface area (Å²) in [7, 11) is -2.38. The summed E-state index contributed by atoms with van der Waals surface area (Å²) in [5.74, 6) is 0.914. The van der Waals surface area contributed by atoms with Gasteiger partial charge in [-0.15, -0.1) is 0 Å². The summed E-state index contributed by atoms with van der Waals surface area (Å²) in [6.07, 6.45) is 0. The Bertz CT molecular complexity index is 912. The van der Waals surface area contributed by atoms with Gasteiger partial charge in [0.05, 0.1) is 30.3 Å². The van der Waals surface area contributed by atoms with Crippen LogP contribution in [0.15, 0.2) is 53.4 Å². The van der Waals surface area contributed by atoms with Crippen LogP contribution in [0.1, 0.15) is 6.92 Å². The Kier molecular flexibility index (Phi) is 5.67. The maximum Gasteiger partial charge on any atom is 0.243 e. The second-order valence-electron chi connectivity index (χ2n) is 6.03. The average molecular weight is 390 g/mol. The molecule has 27 heavy (non-hydrogen) atoms. The van der Waals surface area contributed by atoms with Crippen LogP contribution in [0.5, 0.6) is 11.5 Å². The summed E-state index contributed by atoms with van der Waals surface area (Å²) < 4.78 is 37.4. The van der Waals surface area contributed by atoms with E-state index in [1.165, 1.54) is 19.2 Å². The molecule has 0 saturated carbocycles. The highest BCUT2D eigenvalue weighted by molar-refractivity contribution is 7.89. The number of carbonyl (C=O) groups is 1. The van der Waals surface area contributed by atoms with Crippen molar-refractivity contribution in [1.82, 2.24) is 4.31 Å². The molecule has 0 aliphatic carbocycles. The number of hydrogen-bond acceptors (Lipinski definition) is 5. The number of amides is 1. The second kappa shape index (κ2) is 7.98. The molecule has 0 fully saturated rings. The monoisotopic (exact) mass is 390 g/mol. The van der Waals surface area contributed by atoms with Crippen molar-refractivity contribution in [2.24, 2.45) is 0 Å². The molecule has 1 heterocycles. The number of carbonyl (C=O) groups excluding carboxylic acids is 1. The molecule has 2 aromatic carbocycles. The highest BCUT2D eigenvalue weighted by atomic mass is 32.2. The van der Waals surface area contributed by atoms with Gasteiger partial charge in [0.2, 0.25) is 15.9 Å². The van der Waals surface area contributed by atoms with Gasteiger partial charge in [-0.3, -0.25) is 4.79 Å². The molecule has 0 N–H and O–H groups in total. The fourth-order valence-corrected chi connectivity index (χ4v) is 3.96. The highest BCUT2D eigenvalue weighted by Gasteiger charge is 2.28. The third-order valence-corrected chi connectivity index (χ3v) is 6.05. The smallest absolute Gasteiger partial charge is 0.243 e. The standard InChI is InChI=1S/C19H22N2O5S/c1-3-25-15-8-10-16(11-9-15)27(23,24)20(2)14-19(22)21-12-13-26-18-7-5-4-6-17(18)21/h4-11H,3,12-14H2,1-2H3. The predicted octanol–water partition coefficient (Wildman–Crippen LogP) is 2.13. The highest BCUT2D eigenvalue weighted by Crippen LogP contribution is 2.31. The van der Waals surface area contributed by atoms with Crippen LogP contribution < -0.4 is 14.4 Å². The second-order valence-corrected chi connectivity index (χ2v) is 8.07. The zero-order valence-electron chi connectivity index (χ0n) is 15.3. The number of hydrogen-bond donors (Lipinski definition) is 0. The van der Waals surface area contributed by atoms with Gasteiger partial charge in [-0.25, -0.2) is 8.42 Å². The molecule has 0 atom stereocenters. The van der Waals surface area contributed by atoms with E-state index in [4.69, 9.17) is 9.47 Å². The van der Waals surface area contributed by atoms with Crippen molar-refractivity contribution in [2.75, 3.05) is 38.3 Å². The van der Waals surface area contributed by atoms with Crippen LogP contribution in [0.3, 0.4) is 0 Å². The normalized spacial score (nSPS) is 13.8. The summed E-state index contributed by atoms with van der Waals surface area (Å²) in [6, 6.07) is 13.4. The Morgan fingerprint density at radius 3 is 2.59 bits per heavy atom. The SMILES string of the molecule is CCOc1ccc(S(=O)(=O)N(C)CC(=O)N2CCOc3ccccc32)cc1. The zero-order valence-corrected chi connectivity index (χ0v) is 16.1. The molecule has 0 unspecified atom stereocenters. The summed E-state index contributed by atoms with van der Waals surface area (Å²) in [6.45, 7) is 2.85. The lowest BCUT2D eigenvalue weighted by Gasteiger charge is -2.30. The molecule has 144 valence electrons. The van der Waals surface area contributed by atoms with Crippen molar-refractivity contribution in [1.29, 1.82) is 0 Å². The average Bonchev–Trinajstić information content (AvgIpc) is 2.68. The maximum absolute atomic E-state index is 12.8. The third kappa shape index (κ3) is 4.06. The van der Waals surface area contributed by atoms with Gasteiger partial charge in [-0.2, -0.15) is 4.31 Å². The lowest BCUT2D eigenvalue weighted by Crippen LogP contribution is -2.44. The van der Waals surface area contributed by atoms with Crippen LogP contribution in [0.25, 0.3) is 0 Å². The van der Waals surface area contributed by atoms with Gasteiger partial charge in [0.1, 0.15) is 18.1 Å². The van der Waals surface area contributed by atoms with Crippen LogP contribution in [0.4, 0.5) is 5.69 Å². The minimum Gasteiger partial charge on any atom is -0.494 e. The Labute approximate surface area is 159 Å². The number of ether oxygens (including phenoxy) is 2. The van der Waals surface area contributed by atoms with Crippen molar-refractivity contribution < 1.29 is 22.7 Å². The number of sulfonamides is 1. The molecule has 8 heteroatoms. The van der Waals surface area contributed by atoms with E-state index < -0.39 is 10.0 Å². The first-order chi connectivity index (χ1) is 12.9.